The summed E-state index contributed by atoms with van der Waals surface area (Å²) in [6.45, 7) is 1.83. The van der Waals surface area contributed by atoms with E-state index in [-0.39, 0.29) is 23.8 Å². The molecule has 0 bridgehead atoms. The van der Waals surface area contributed by atoms with Crippen LogP contribution < -0.4 is 15.4 Å². The van der Waals surface area contributed by atoms with Crippen LogP contribution in [0.25, 0.3) is 17.0 Å². The van der Waals surface area contributed by atoms with Crippen molar-refractivity contribution in [2.24, 2.45) is 0 Å². The molecule has 3 aromatic rings. The average Bonchev–Trinajstić information content (AvgIpc) is 3.15. The SMILES string of the molecule is COc1cc2ncc(-c3nc(NC4CCCNC4)ncc3F)n2nc1C1CC(O)C1. The number of hydrogen-bond donors (Lipinski definition) is 3. The second-order valence-electron chi connectivity index (χ2n) is 7.91. The van der Waals surface area contributed by atoms with Gasteiger partial charge in [-0.3, -0.25) is 0 Å². The quantitative estimate of drug-likeness (QED) is 0.580. The van der Waals surface area contributed by atoms with Crippen molar-refractivity contribution in [2.45, 2.75) is 43.7 Å². The van der Waals surface area contributed by atoms with E-state index in [4.69, 9.17) is 4.74 Å². The fraction of sp³-hybridized carbons (Fsp3) is 0.500. The molecular formula is C20H24FN7O2. The van der Waals surface area contributed by atoms with Gasteiger partial charge in [-0.1, -0.05) is 0 Å². The third kappa shape index (κ3) is 3.46. The van der Waals surface area contributed by atoms with Crippen LogP contribution in [0.2, 0.25) is 0 Å². The van der Waals surface area contributed by atoms with E-state index in [0.717, 1.165) is 31.6 Å². The molecule has 5 rings (SSSR count). The first-order valence-electron chi connectivity index (χ1n) is 10.2. The van der Waals surface area contributed by atoms with Gasteiger partial charge in [0, 0.05) is 24.6 Å². The van der Waals surface area contributed by atoms with Crippen molar-refractivity contribution in [2.75, 3.05) is 25.5 Å². The third-order valence-electron chi connectivity index (χ3n) is 5.82. The van der Waals surface area contributed by atoms with Crippen LogP contribution in [0.15, 0.2) is 18.5 Å². The Morgan fingerprint density at radius 3 is 2.90 bits per heavy atom. The number of rotatable bonds is 5. The number of methoxy groups -OCH3 is 1. The molecule has 1 atom stereocenters. The molecule has 1 saturated heterocycles. The first kappa shape index (κ1) is 19.1. The van der Waals surface area contributed by atoms with Gasteiger partial charge in [-0.25, -0.2) is 23.9 Å². The van der Waals surface area contributed by atoms with Crippen molar-refractivity contribution in [1.82, 2.24) is 29.9 Å². The van der Waals surface area contributed by atoms with E-state index >= 15 is 0 Å². The van der Waals surface area contributed by atoms with Crippen LogP contribution in [-0.2, 0) is 0 Å². The normalized spacial score (nSPS) is 23.9. The summed E-state index contributed by atoms with van der Waals surface area (Å²) in [6.07, 6.45) is 5.75. The molecule has 1 aliphatic carbocycles. The maximum absolute atomic E-state index is 14.7. The highest BCUT2D eigenvalue weighted by atomic mass is 19.1. The number of aliphatic hydroxyl groups is 1. The summed E-state index contributed by atoms with van der Waals surface area (Å²) < 4.78 is 21.7. The molecule has 2 aliphatic rings. The largest absolute Gasteiger partial charge is 0.495 e. The number of piperidine rings is 1. The van der Waals surface area contributed by atoms with Gasteiger partial charge in [0.2, 0.25) is 5.95 Å². The molecule has 9 nitrogen and oxygen atoms in total. The van der Waals surface area contributed by atoms with Crippen LogP contribution >= 0.6 is 0 Å². The maximum atomic E-state index is 14.7. The number of nitrogens with zero attached hydrogens (tertiary/aromatic N) is 5. The lowest BCUT2D eigenvalue weighted by Crippen LogP contribution is -2.38. The van der Waals surface area contributed by atoms with Gasteiger partial charge in [0.05, 0.1) is 25.6 Å². The van der Waals surface area contributed by atoms with Crippen molar-refractivity contribution < 1.29 is 14.2 Å². The summed E-state index contributed by atoms with van der Waals surface area (Å²) in [4.78, 5) is 12.9. The summed E-state index contributed by atoms with van der Waals surface area (Å²) in [5, 5.41) is 21.0. The van der Waals surface area contributed by atoms with Crippen molar-refractivity contribution in [3.8, 4) is 17.1 Å². The Morgan fingerprint density at radius 1 is 1.30 bits per heavy atom. The van der Waals surface area contributed by atoms with E-state index in [1.807, 2.05) is 0 Å². The number of imidazole rings is 1. The molecule has 0 aromatic carbocycles. The number of fused-ring (bicyclic) bond motifs is 1. The number of nitrogens with one attached hydrogen (secondary N) is 2. The first-order chi connectivity index (χ1) is 14.6. The van der Waals surface area contributed by atoms with Crippen LogP contribution in [0, 0.1) is 5.82 Å². The minimum Gasteiger partial charge on any atom is -0.495 e. The fourth-order valence-corrected chi connectivity index (χ4v) is 4.10. The van der Waals surface area contributed by atoms with E-state index in [9.17, 15) is 9.50 Å². The Hall–Kier alpha value is -2.85. The smallest absolute Gasteiger partial charge is 0.223 e. The highest BCUT2D eigenvalue weighted by Gasteiger charge is 2.33. The van der Waals surface area contributed by atoms with Crippen molar-refractivity contribution in [3.63, 3.8) is 0 Å². The number of aliphatic hydroxyl groups excluding tert-OH is 1. The number of halogens is 1. The summed E-state index contributed by atoms with van der Waals surface area (Å²) in [5.74, 6) is 0.556. The van der Waals surface area contributed by atoms with E-state index in [2.05, 4.69) is 30.7 Å². The molecule has 30 heavy (non-hydrogen) atoms. The molecule has 0 spiro atoms. The van der Waals surface area contributed by atoms with Gasteiger partial charge >= 0.3 is 0 Å². The molecule has 2 fully saturated rings. The maximum Gasteiger partial charge on any atom is 0.223 e. The Labute approximate surface area is 172 Å². The summed E-state index contributed by atoms with van der Waals surface area (Å²) in [7, 11) is 1.58. The molecule has 3 N–H and O–H groups in total. The van der Waals surface area contributed by atoms with Crippen LogP contribution in [0.4, 0.5) is 10.3 Å². The van der Waals surface area contributed by atoms with Crippen molar-refractivity contribution >= 4 is 11.6 Å². The Balaban J connectivity index is 1.52. The third-order valence-corrected chi connectivity index (χ3v) is 5.82. The monoisotopic (exact) mass is 413 g/mol. The van der Waals surface area contributed by atoms with Crippen molar-refractivity contribution in [3.05, 3.63) is 30.0 Å². The second-order valence-corrected chi connectivity index (χ2v) is 7.91. The standard InChI is InChI=1S/C20H24FN7O2/c1-30-16-7-17-23-10-15(28(17)27-18(16)11-5-13(29)6-11)19-14(21)9-24-20(26-19)25-12-3-2-4-22-8-12/h7,9-13,22,29H,2-6,8H2,1H3,(H,24,25,26). The molecule has 0 radical (unpaired) electrons. The predicted octanol–water partition coefficient (Wildman–Crippen LogP) is 1.74. The number of aromatic nitrogens is 5. The zero-order valence-corrected chi connectivity index (χ0v) is 16.7. The molecule has 3 aromatic heterocycles. The van der Waals surface area contributed by atoms with Crippen LogP contribution in [0.1, 0.15) is 37.3 Å². The Bertz CT molecular complexity index is 1060. The van der Waals surface area contributed by atoms with E-state index < -0.39 is 5.82 Å². The zero-order chi connectivity index (χ0) is 20.7. The number of anilines is 1. The van der Waals surface area contributed by atoms with Gasteiger partial charge in [-0.05, 0) is 32.2 Å². The molecule has 158 valence electrons. The highest BCUT2D eigenvalue weighted by molar-refractivity contribution is 5.62. The minimum atomic E-state index is -0.539. The van der Waals surface area contributed by atoms with Crippen LogP contribution in [0.3, 0.4) is 0 Å². The van der Waals surface area contributed by atoms with Gasteiger partial charge in [0.25, 0.3) is 0 Å². The van der Waals surface area contributed by atoms with E-state index in [1.165, 1.54) is 6.20 Å². The zero-order valence-electron chi connectivity index (χ0n) is 16.7. The lowest BCUT2D eigenvalue weighted by Gasteiger charge is -2.31. The number of ether oxygens (including phenoxy) is 1. The number of hydrogen-bond acceptors (Lipinski definition) is 8. The van der Waals surface area contributed by atoms with E-state index in [0.29, 0.717) is 35.9 Å². The lowest BCUT2D eigenvalue weighted by molar-refractivity contribution is 0.0718. The molecular weight excluding hydrogens is 389 g/mol. The van der Waals surface area contributed by atoms with Gasteiger partial charge in [0.15, 0.2) is 11.5 Å². The molecule has 0 amide bonds. The Morgan fingerprint density at radius 2 is 2.17 bits per heavy atom. The Kier molecular flexibility index (Phi) is 4.95. The van der Waals surface area contributed by atoms with Gasteiger partial charge < -0.3 is 20.5 Å². The average molecular weight is 413 g/mol. The first-order valence-corrected chi connectivity index (χ1v) is 10.2. The summed E-state index contributed by atoms with van der Waals surface area (Å²) >= 11 is 0. The van der Waals surface area contributed by atoms with Crippen LogP contribution in [0.5, 0.6) is 5.75 Å². The molecule has 1 saturated carbocycles. The predicted molar refractivity (Wildman–Crippen MR) is 108 cm³/mol. The fourth-order valence-electron chi connectivity index (χ4n) is 4.10. The summed E-state index contributed by atoms with van der Waals surface area (Å²) in [6, 6.07) is 1.99. The van der Waals surface area contributed by atoms with E-state index in [1.54, 1.807) is 23.9 Å². The summed E-state index contributed by atoms with van der Waals surface area (Å²) in [5.41, 5.74) is 1.85. The molecule has 4 heterocycles. The van der Waals surface area contributed by atoms with Gasteiger partial charge in [-0.15, -0.1) is 0 Å². The topological polar surface area (TPSA) is 109 Å². The second kappa shape index (κ2) is 7.77. The molecule has 1 aliphatic heterocycles. The highest BCUT2D eigenvalue weighted by Crippen LogP contribution is 2.40. The molecule has 10 heteroatoms. The lowest BCUT2D eigenvalue weighted by atomic mass is 9.80. The van der Waals surface area contributed by atoms with Gasteiger partial charge in [0.1, 0.15) is 22.8 Å². The van der Waals surface area contributed by atoms with Crippen LogP contribution in [-0.4, -0.2) is 62.0 Å². The minimum absolute atomic E-state index is 0.0980. The molecule has 1 unspecified atom stereocenters. The van der Waals surface area contributed by atoms with Crippen molar-refractivity contribution in [1.29, 1.82) is 0 Å². The van der Waals surface area contributed by atoms with Gasteiger partial charge in [-0.2, -0.15) is 5.10 Å².